The summed E-state index contributed by atoms with van der Waals surface area (Å²) in [6.45, 7) is 11.5. The molecule has 0 aliphatic heterocycles. The van der Waals surface area contributed by atoms with Crippen molar-refractivity contribution in [2.45, 2.75) is 72.5 Å². The van der Waals surface area contributed by atoms with E-state index in [2.05, 4.69) is 51.8 Å². The Kier molecular flexibility index (Phi) is 15.5. The number of aromatic amines is 1. The molecule has 7 N–H and O–H groups in total. The van der Waals surface area contributed by atoms with Crippen LogP contribution < -0.4 is 31.9 Å². The highest BCUT2D eigenvalue weighted by atomic mass is 32.1. The van der Waals surface area contributed by atoms with Gasteiger partial charge in [0.25, 0.3) is 17.7 Å². The Morgan fingerprint density at radius 2 is 1.21 bits per heavy atom. The first-order valence-corrected chi connectivity index (χ1v) is 25.5. The standard InChI is InChI=1S/C45H48N10O6S5/c1-7-24(6)36(42(61)54-43-46-12-13-62-43)52-40(59)34-17-27(19-64-34)31-20-65-44(49-31)53-38(57)29(14-22(2)3)48-39(58)33-16-26(18-63-33)32-21-66-45(50-32)55-41(60)35(23(4)5)51-37(56)30-15-25-10-8-9-11-28(25)47-30/h8-13,15-24,29,35-36,47H,7,14H2,1-6H3,(H,48,58)(H,51,56)(H,52,59)(H,46,54,61)(H,49,53,57)(H,50,55,60)/t24?,29-,35-,36-/m0/s1. The Hall–Kier alpha value is -6.13. The number of nitrogens with zero attached hydrogens (tertiary/aromatic N) is 3. The molecule has 66 heavy (non-hydrogen) atoms. The van der Waals surface area contributed by atoms with E-state index in [9.17, 15) is 28.8 Å². The Morgan fingerprint density at radius 1 is 0.636 bits per heavy atom. The number of thiazole rings is 3. The number of H-pyrrole nitrogens is 1. The van der Waals surface area contributed by atoms with Crippen molar-refractivity contribution in [3.05, 3.63) is 91.0 Å². The maximum atomic E-state index is 13.7. The number of aromatic nitrogens is 4. The zero-order valence-corrected chi connectivity index (χ0v) is 40.8. The highest BCUT2D eigenvalue weighted by molar-refractivity contribution is 7.15. The van der Waals surface area contributed by atoms with Crippen molar-refractivity contribution < 1.29 is 28.8 Å². The molecule has 0 radical (unpaired) electrons. The number of carbonyl (C=O) groups is 6. The largest absolute Gasteiger partial charge is 0.351 e. The summed E-state index contributed by atoms with van der Waals surface area (Å²) in [6, 6.07) is 10.2. The molecular formula is C45H48N10O6S5. The van der Waals surface area contributed by atoms with Crippen molar-refractivity contribution in [1.29, 1.82) is 0 Å². The zero-order chi connectivity index (χ0) is 47.1. The van der Waals surface area contributed by atoms with Gasteiger partial charge >= 0.3 is 0 Å². The number of carbonyl (C=O) groups excluding carboxylic acids is 6. The second kappa shape index (κ2) is 21.5. The van der Waals surface area contributed by atoms with E-state index in [1.807, 2.05) is 65.8 Å². The van der Waals surface area contributed by atoms with Crippen LogP contribution in [0.4, 0.5) is 15.4 Å². The maximum absolute atomic E-state index is 13.7. The summed E-state index contributed by atoms with van der Waals surface area (Å²) in [5.74, 6) is -2.67. The molecule has 7 aromatic rings. The normalized spacial score (nSPS) is 13.2. The fourth-order valence-electron chi connectivity index (χ4n) is 6.75. The number of hydrogen-bond donors (Lipinski definition) is 7. The van der Waals surface area contributed by atoms with Crippen LogP contribution in [0.5, 0.6) is 0 Å². The quantitative estimate of drug-likeness (QED) is 0.0410. The van der Waals surface area contributed by atoms with Crippen molar-refractivity contribution in [2.75, 3.05) is 16.0 Å². The highest BCUT2D eigenvalue weighted by Crippen LogP contribution is 2.31. The third kappa shape index (κ3) is 11.8. The van der Waals surface area contributed by atoms with Gasteiger partial charge in [-0.05, 0) is 48.4 Å². The lowest BCUT2D eigenvalue weighted by Crippen LogP contribution is -2.47. The third-order valence-electron chi connectivity index (χ3n) is 10.5. The fourth-order valence-corrected chi connectivity index (χ4v) is 10.3. The number of hydrogen-bond acceptors (Lipinski definition) is 14. The lowest BCUT2D eigenvalue weighted by atomic mass is 9.98. The molecule has 21 heteroatoms. The minimum atomic E-state index is -0.871. The van der Waals surface area contributed by atoms with E-state index in [-0.39, 0.29) is 29.6 Å². The van der Waals surface area contributed by atoms with E-state index < -0.39 is 41.8 Å². The maximum Gasteiger partial charge on any atom is 0.268 e. The number of rotatable bonds is 19. The van der Waals surface area contributed by atoms with Gasteiger partial charge in [-0.2, -0.15) is 0 Å². The highest BCUT2D eigenvalue weighted by Gasteiger charge is 2.30. The van der Waals surface area contributed by atoms with Crippen molar-refractivity contribution in [1.82, 2.24) is 35.9 Å². The summed E-state index contributed by atoms with van der Waals surface area (Å²) >= 11 is 6.16. The van der Waals surface area contributed by atoms with Crippen LogP contribution >= 0.6 is 56.7 Å². The van der Waals surface area contributed by atoms with Gasteiger partial charge in [-0.15, -0.1) is 56.7 Å². The smallest absolute Gasteiger partial charge is 0.268 e. The van der Waals surface area contributed by atoms with Crippen molar-refractivity contribution in [3.63, 3.8) is 0 Å². The summed E-state index contributed by atoms with van der Waals surface area (Å²) in [7, 11) is 0. The van der Waals surface area contributed by atoms with Crippen molar-refractivity contribution in [2.24, 2.45) is 17.8 Å². The van der Waals surface area contributed by atoms with Gasteiger partial charge in [0.15, 0.2) is 15.4 Å². The lowest BCUT2D eigenvalue weighted by Gasteiger charge is -2.22. The van der Waals surface area contributed by atoms with Crippen LogP contribution in [0, 0.1) is 17.8 Å². The zero-order valence-electron chi connectivity index (χ0n) is 36.7. The number of anilines is 3. The van der Waals surface area contributed by atoms with Crippen LogP contribution in [-0.4, -0.2) is 73.5 Å². The van der Waals surface area contributed by atoms with Gasteiger partial charge in [-0.25, -0.2) is 15.0 Å². The molecule has 0 saturated heterocycles. The molecule has 344 valence electrons. The van der Waals surface area contributed by atoms with Crippen LogP contribution in [0.1, 0.15) is 84.2 Å². The molecule has 0 saturated carbocycles. The average Bonchev–Trinajstić information content (AvgIpc) is 4.15. The van der Waals surface area contributed by atoms with Gasteiger partial charge < -0.3 is 36.9 Å². The van der Waals surface area contributed by atoms with E-state index in [0.717, 1.165) is 10.9 Å². The predicted octanol–water partition coefficient (Wildman–Crippen LogP) is 8.95. The first kappa shape index (κ1) is 47.8. The van der Waals surface area contributed by atoms with Gasteiger partial charge in [-0.1, -0.05) is 66.2 Å². The van der Waals surface area contributed by atoms with Crippen molar-refractivity contribution in [3.8, 4) is 22.5 Å². The molecule has 0 aliphatic carbocycles. The predicted molar refractivity (Wildman–Crippen MR) is 265 cm³/mol. The van der Waals surface area contributed by atoms with E-state index in [0.29, 0.717) is 66.2 Å². The fraction of sp³-hybridized carbons (Fsp3) is 0.311. The molecule has 0 aliphatic rings. The second-order valence-corrected chi connectivity index (χ2v) is 20.7. The lowest BCUT2D eigenvalue weighted by molar-refractivity contribution is -0.119. The molecule has 1 aromatic carbocycles. The van der Waals surface area contributed by atoms with Gasteiger partial charge in [0.1, 0.15) is 23.8 Å². The summed E-state index contributed by atoms with van der Waals surface area (Å²) in [5.41, 5.74) is 3.62. The Balaban J connectivity index is 0.938. The summed E-state index contributed by atoms with van der Waals surface area (Å²) in [4.78, 5) is 97.3. The van der Waals surface area contributed by atoms with Gasteiger partial charge in [0, 0.05) is 55.1 Å². The molecular weight excluding hydrogens is 937 g/mol. The molecule has 0 spiro atoms. The van der Waals surface area contributed by atoms with Crippen LogP contribution in [-0.2, 0) is 14.4 Å². The number of fused-ring (bicyclic) bond motifs is 1. The average molecular weight is 985 g/mol. The monoisotopic (exact) mass is 984 g/mol. The third-order valence-corrected chi connectivity index (χ3v) is 14.6. The molecule has 0 bridgehead atoms. The van der Waals surface area contributed by atoms with Gasteiger partial charge in [0.2, 0.25) is 17.7 Å². The van der Waals surface area contributed by atoms with E-state index in [1.54, 1.807) is 51.3 Å². The molecule has 7 rings (SSSR count). The number of thiophene rings is 2. The van der Waals surface area contributed by atoms with E-state index in [4.69, 9.17) is 0 Å². The van der Waals surface area contributed by atoms with Crippen LogP contribution in [0.2, 0.25) is 0 Å². The van der Waals surface area contributed by atoms with E-state index >= 15 is 0 Å². The molecule has 1 unspecified atom stereocenters. The Labute approximate surface area is 400 Å². The summed E-state index contributed by atoms with van der Waals surface area (Å²) in [5, 5.41) is 28.0. The summed E-state index contributed by atoms with van der Waals surface area (Å²) in [6.07, 6.45) is 2.64. The van der Waals surface area contributed by atoms with Gasteiger partial charge in [0.05, 0.1) is 21.1 Å². The molecule has 4 atom stereocenters. The Bertz CT molecular complexity index is 2810. The number of nitrogens with one attached hydrogen (secondary N) is 7. The van der Waals surface area contributed by atoms with E-state index in [1.165, 1.54) is 56.7 Å². The minimum Gasteiger partial charge on any atom is -0.351 e. The van der Waals surface area contributed by atoms with Crippen LogP contribution in [0.3, 0.4) is 0 Å². The molecule has 6 heterocycles. The molecule has 0 fully saturated rings. The topological polar surface area (TPSA) is 229 Å². The van der Waals surface area contributed by atoms with Crippen LogP contribution in [0.25, 0.3) is 33.4 Å². The first-order valence-electron chi connectivity index (χ1n) is 21.1. The molecule has 6 amide bonds. The minimum absolute atomic E-state index is 0.0707. The van der Waals surface area contributed by atoms with Crippen LogP contribution in [0.15, 0.2) is 75.6 Å². The van der Waals surface area contributed by atoms with Gasteiger partial charge in [-0.3, -0.25) is 28.8 Å². The number of benzene rings is 1. The number of amides is 6. The molecule has 6 aromatic heterocycles. The summed E-state index contributed by atoms with van der Waals surface area (Å²) < 4.78 is 0. The first-order chi connectivity index (χ1) is 31.6. The molecule has 16 nitrogen and oxygen atoms in total. The number of para-hydroxylation sites is 1. The SMILES string of the molecule is CCC(C)[C@H](NC(=O)c1cc(-c2csc(NC(=O)[C@H](CC(C)C)NC(=O)c3cc(-c4csc(NC(=O)[C@@H](NC(=O)c5cc6ccccc6[nH]5)C(C)C)n4)cs3)n2)cs1)C(=O)Nc1nccs1. The second-order valence-electron chi connectivity index (χ2n) is 16.2. The van der Waals surface area contributed by atoms with Crippen molar-refractivity contribution >= 4 is 118 Å². The Morgan fingerprint density at radius 3 is 1.79 bits per heavy atom.